The van der Waals surface area contributed by atoms with Gasteiger partial charge in [-0.15, -0.1) is 0 Å². The van der Waals surface area contributed by atoms with E-state index in [2.05, 4.69) is 15.5 Å². The number of ether oxygens (including phenoxy) is 3. The number of nitrogens with one attached hydrogen (secondary N) is 2. The van der Waals surface area contributed by atoms with E-state index in [1.54, 1.807) is 14.0 Å². The molecule has 0 saturated carbocycles. The molecule has 2 aliphatic rings. The zero-order valence-corrected chi connectivity index (χ0v) is 22.6. The molecule has 1 saturated heterocycles. The lowest BCUT2D eigenvalue weighted by Crippen LogP contribution is -2.57. The number of nitrogen functional groups attached to an aromatic ring is 1. The normalized spacial score (nSPS) is 19.9. The Kier molecular flexibility index (Phi) is 7.72. The van der Waals surface area contributed by atoms with Gasteiger partial charge in [0.05, 0.1) is 43.0 Å². The van der Waals surface area contributed by atoms with Gasteiger partial charge in [-0.2, -0.15) is 13.2 Å². The Labute approximate surface area is 221 Å². The number of anilines is 2. The maximum absolute atomic E-state index is 13.4. The van der Waals surface area contributed by atoms with Crippen molar-refractivity contribution in [2.45, 2.75) is 45.3 Å². The lowest BCUT2D eigenvalue weighted by atomic mass is 9.80. The van der Waals surface area contributed by atoms with Crippen molar-refractivity contribution in [2.24, 2.45) is 10.4 Å². The number of rotatable bonds is 8. The molecule has 0 aromatic heterocycles. The molecule has 0 amide bonds. The maximum atomic E-state index is 13.4. The summed E-state index contributed by atoms with van der Waals surface area (Å²) in [6, 6.07) is 6.78. The van der Waals surface area contributed by atoms with Crippen molar-refractivity contribution in [1.29, 1.82) is 0 Å². The third-order valence-electron chi connectivity index (χ3n) is 6.98. The van der Waals surface area contributed by atoms with Crippen molar-refractivity contribution in [3.8, 4) is 11.5 Å². The number of hydrogen-bond acceptors (Lipinski definition) is 8. The van der Waals surface area contributed by atoms with E-state index in [1.807, 2.05) is 40.1 Å². The van der Waals surface area contributed by atoms with Gasteiger partial charge in [-0.05, 0) is 64.7 Å². The molecule has 2 heterocycles. The largest absolute Gasteiger partial charge is 0.493 e. The average Bonchev–Trinajstić information content (AvgIpc) is 2.80. The van der Waals surface area contributed by atoms with E-state index in [4.69, 9.17) is 24.9 Å². The first-order valence-electron chi connectivity index (χ1n) is 12.5. The van der Waals surface area contributed by atoms with E-state index < -0.39 is 17.8 Å². The lowest BCUT2D eigenvalue weighted by molar-refractivity contribution is -0.167. The molecule has 2 aromatic carbocycles. The van der Waals surface area contributed by atoms with Gasteiger partial charge in [0.15, 0.2) is 11.5 Å². The standard InChI is InChI=1S/C27H36F3N5O3/c1-15(18-7-19(27(28,29)30)9-20(31)8-18)32-25-21-10-24(23(36-6)11-22(21)33-17(3)34-25)38-16(2)26(12-35(4)5)13-37-14-26/h7-11,15-17,33H,12-14,31H2,1-6H3,(H,32,34)/t15-,16+,17?/m1/s1. The second-order valence-electron chi connectivity index (χ2n) is 10.5. The number of alkyl halides is 3. The summed E-state index contributed by atoms with van der Waals surface area (Å²) < 4.78 is 57.8. The van der Waals surface area contributed by atoms with Crippen LogP contribution >= 0.6 is 0 Å². The Morgan fingerprint density at radius 3 is 2.47 bits per heavy atom. The fraction of sp³-hybridized carbons (Fsp3) is 0.519. The minimum Gasteiger partial charge on any atom is -0.493 e. The highest BCUT2D eigenvalue weighted by Crippen LogP contribution is 2.41. The highest BCUT2D eigenvalue weighted by Gasteiger charge is 2.46. The summed E-state index contributed by atoms with van der Waals surface area (Å²) in [5.41, 5.74) is 6.81. The third-order valence-corrected chi connectivity index (χ3v) is 6.98. The molecule has 0 radical (unpaired) electrons. The van der Waals surface area contributed by atoms with Gasteiger partial charge in [-0.3, -0.25) is 0 Å². The number of fused-ring (bicyclic) bond motifs is 1. The average molecular weight is 536 g/mol. The van der Waals surface area contributed by atoms with Gasteiger partial charge in [-0.1, -0.05) is 0 Å². The van der Waals surface area contributed by atoms with Crippen LogP contribution in [0.15, 0.2) is 35.3 Å². The van der Waals surface area contributed by atoms with Crippen LogP contribution in [0.5, 0.6) is 11.5 Å². The molecule has 2 aliphatic heterocycles. The monoisotopic (exact) mass is 535 g/mol. The molecule has 11 heteroatoms. The molecule has 2 aromatic rings. The first-order valence-corrected chi connectivity index (χ1v) is 12.5. The van der Waals surface area contributed by atoms with Crippen molar-refractivity contribution in [2.75, 3.05) is 52.0 Å². The number of nitrogens with two attached hydrogens (primary N) is 1. The number of methoxy groups -OCH3 is 1. The van der Waals surface area contributed by atoms with Crippen molar-refractivity contribution in [3.63, 3.8) is 0 Å². The molecule has 0 bridgehead atoms. The van der Waals surface area contributed by atoms with Crippen LogP contribution in [0.25, 0.3) is 0 Å². The Morgan fingerprint density at radius 2 is 1.89 bits per heavy atom. The topological polar surface area (TPSA) is 93.4 Å². The summed E-state index contributed by atoms with van der Waals surface area (Å²) in [6.45, 7) is 7.70. The van der Waals surface area contributed by atoms with Gasteiger partial charge < -0.3 is 35.5 Å². The fourth-order valence-corrected chi connectivity index (χ4v) is 4.91. The molecule has 4 N–H and O–H groups in total. The Hall–Kier alpha value is -3.18. The van der Waals surface area contributed by atoms with Crippen LogP contribution in [0.4, 0.5) is 24.5 Å². The minimum absolute atomic E-state index is 0.0468. The summed E-state index contributed by atoms with van der Waals surface area (Å²) in [5.74, 6) is 1.64. The second-order valence-corrected chi connectivity index (χ2v) is 10.5. The van der Waals surface area contributed by atoms with Crippen molar-refractivity contribution in [3.05, 3.63) is 47.0 Å². The van der Waals surface area contributed by atoms with Gasteiger partial charge in [-0.25, -0.2) is 4.99 Å². The van der Waals surface area contributed by atoms with Gasteiger partial charge in [0, 0.05) is 23.9 Å². The molecule has 8 nitrogen and oxygen atoms in total. The lowest BCUT2D eigenvalue weighted by Gasteiger charge is -2.47. The van der Waals surface area contributed by atoms with Crippen molar-refractivity contribution in [1.82, 2.24) is 10.2 Å². The quantitative estimate of drug-likeness (QED) is 0.429. The van der Waals surface area contributed by atoms with E-state index in [0.29, 0.717) is 36.1 Å². The summed E-state index contributed by atoms with van der Waals surface area (Å²) in [6.07, 6.45) is -4.93. The number of amidine groups is 1. The molecular weight excluding hydrogens is 499 g/mol. The van der Waals surface area contributed by atoms with Crippen LogP contribution in [0.2, 0.25) is 0 Å². The summed E-state index contributed by atoms with van der Waals surface area (Å²) >= 11 is 0. The number of aliphatic imine (C=N–C) groups is 1. The molecule has 38 heavy (non-hydrogen) atoms. The fourth-order valence-electron chi connectivity index (χ4n) is 4.91. The highest BCUT2D eigenvalue weighted by molar-refractivity contribution is 6.05. The number of hydrogen-bond donors (Lipinski definition) is 3. The number of nitrogens with zero attached hydrogens (tertiary/aromatic N) is 2. The first kappa shape index (κ1) is 27.8. The van der Waals surface area contributed by atoms with E-state index in [-0.39, 0.29) is 23.4 Å². The van der Waals surface area contributed by atoms with Crippen LogP contribution in [-0.4, -0.2) is 64.0 Å². The highest BCUT2D eigenvalue weighted by atomic mass is 19.4. The van der Waals surface area contributed by atoms with Gasteiger partial charge in [0.2, 0.25) is 0 Å². The summed E-state index contributed by atoms with van der Waals surface area (Å²) in [5, 5.41) is 6.60. The van der Waals surface area contributed by atoms with Gasteiger partial charge in [0.1, 0.15) is 18.1 Å². The van der Waals surface area contributed by atoms with E-state index in [9.17, 15) is 13.2 Å². The summed E-state index contributed by atoms with van der Waals surface area (Å²) in [4.78, 5) is 6.81. The smallest absolute Gasteiger partial charge is 0.416 e. The molecule has 3 atom stereocenters. The van der Waals surface area contributed by atoms with E-state index in [1.165, 1.54) is 6.07 Å². The summed E-state index contributed by atoms with van der Waals surface area (Å²) in [7, 11) is 5.63. The van der Waals surface area contributed by atoms with Crippen LogP contribution in [0.3, 0.4) is 0 Å². The van der Waals surface area contributed by atoms with Gasteiger partial charge in [0.25, 0.3) is 0 Å². The molecule has 0 spiro atoms. The SMILES string of the molecule is COc1cc2c(cc1O[C@@H](C)C1(CN(C)C)COC1)C(N[C@H](C)c1cc(N)cc(C(F)(F)F)c1)=NC(C)N2. The molecule has 1 fully saturated rings. The third kappa shape index (κ3) is 5.78. The first-order chi connectivity index (χ1) is 17.8. The van der Waals surface area contributed by atoms with Gasteiger partial charge >= 0.3 is 6.18 Å². The molecule has 4 rings (SSSR count). The second kappa shape index (κ2) is 10.5. The zero-order chi connectivity index (χ0) is 27.8. The van der Waals surface area contributed by atoms with Crippen LogP contribution in [-0.2, 0) is 10.9 Å². The van der Waals surface area contributed by atoms with Crippen molar-refractivity contribution >= 4 is 17.2 Å². The van der Waals surface area contributed by atoms with Crippen molar-refractivity contribution < 1.29 is 27.4 Å². The Balaban J connectivity index is 1.64. The van der Waals surface area contributed by atoms with Crippen LogP contribution in [0.1, 0.15) is 43.5 Å². The predicted octanol–water partition coefficient (Wildman–Crippen LogP) is 4.51. The minimum atomic E-state index is -4.49. The number of benzene rings is 2. The molecular formula is C27H36F3N5O3. The predicted molar refractivity (Wildman–Crippen MR) is 142 cm³/mol. The van der Waals surface area contributed by atoms with E-state index >= 15 is 0 Å². The van der Waals surface area contributed by atoms with Crippen LogP contribution < -0.4 is 25.8 Å². The number of halogens is 3. The molecule has 208 valence electrons. The zero-order valence-electron chi connectivity index (χ0n) is 22.6. The molecule has 1 unspecified atom stereocenters. The Morgan fingerprint density at radius 1 is 1.18 bits per heavy atom. The Bertz CT molecular complexity index is 1200. The van der Waals surface area contributed by atoms with Crippen LogP contribution in [0, 0.1) is 5.41 Å². The van der Waals surface area contributed by atoms with E-state index in [0.717, 1.165) is 29.9 Å². The molecule has 0 aliphatic carbocycles. The maximum Gasteiger partial charge on any atom is 0.416 e.